The third kappa shape index (κ3) is 3.83. The molecule has 0 bridgehead atoms. The second-order valence-electron chi connectivity index (χ2n) is 8.79. The molecule has 1 aromatic heterocycles. The van der Waals surface area contributed by atoms with Gasteiger partial charge in [-0.05, 0) is 72.3 Å². The SMILES string of the molecule is C=NC(=C)c1cccc(-c2cccc3ccc(-n4c(C(=C)C)c(/C=C\C)c5ccccc54)cc23)c1. The number of hydrogen-bond acceptors (Lipinski definition) is 1. The molecule has 1 heterocycles. The molecule has 0 spiro atoms. The van der Waals surface area contributed by atoms with Crippen molar-refractivity contribution in [3.63, 3.8) is 0 Å². The minimum absolute atomic E-state index is 0.675. The number of benzene rings is 4. The monoisotopic (exact) mass is 452 g/mol. The third-order valence-electron chi connectivity index (χ3n) is 6.47. The average molecular weight is 453 g/mol. The Bertz CT molecular complexity index is 1660. The molecule has 0 aliphatic carbocycles. The molecule has 0 N–H and O–H groups in total. The highest BCUT2D eigenvalue weighted by Crippen LogP contribution is 2.37. The van der Waals surface area contributed by atoms with E-state index >= 15 is 0 Å². The summed E-state index contributed by atoms with van der Waals surface area (Å²) in [6.07, 6.45) is 4.28. The summed E-state index contributed by atoms with van der Waals surface area (Å²) in [5.74, 6) is 0. The first-order valence-electron chi connectivity index (χ1n) is 11.7. The fourth-order valence-electron chi connectivity index (χ4n) is 4.90. The lowest BCUT2D eigenvalue weighted by molar-refractivity contribution is 1.10. The van der Waals surface area contributed by atoms with Gasteiger partial charge in [-0.25, -0.2) is 0 Å². The summed E-state index contributed by atoms with van der Waals surface area (Å²) in [5, 5.41) is 3.61. The van der Waals surface area contributed by atoms with Crippen LogP contribution in [0, 0.1) is 0 Å². The Balaban J connectivity index is 1.80. The van der Waals surface area contributed by atoms with Crippen LogP contribution in [0.15, 0.2) is 109 Å². The van der Waals surface area contributed by atoms with E-state index in [-0.39, 0.29) is 0 Å². The molecule has 0 fully saturated rings. The number of aromatic nitrogens is 1. The highest BCUT2D eigenvalue weighted by molar-refractivity contribution is 6.00. The van der Waals surface area contributed by atoms with Crippen LogP contribution in [0.25, 0.3) is 55.8 Å². The number of nitrogens with zero attached hydrogens (tertiary/aromatic N) is 2. The number of allylic oxidation sites excluding steroid dienone is 2. The summed E-state index contributed by atoms with van der Waals surface area (Å²) < 4.78 is 2.34. The van der Waals surface area contributed by atoms with Crippen LogP contribution in [-0.4, -0.2) is 11.3 Å². The number of hydrogen-bond donors (Lipinski definition) is 0. The van der Waals surface area contributed by atoms with Crippen molar-refractivity contribution in [2.75, 3.05) is 0 Å². The van der Waals surface area contributed by atoms with E-state index in [4.69, 9.17) is 0 Å². The Morgan fingerprint density at radius 3 is 2.43 bits per heavy atom. The van der Waals surface area contributed by atoms with E-state index in [1.165, 1.54) is 32.8 Å². The van der Waals surface area contributed by atoms with Gasteiger partial charge in [0.25, 0.3) is 0 Å². The quantitative estimate of drug-likeness (QED) is 0.228. The predicted octanol–water partition coefficient (Wildman–Crippen LogP) is 9.19. The maximum Gasteiger partial charge on any atom is 0.0623 e. The van der Waals surface area contributed by atoms with Crippen molar-refractivity contribution in [1.82, 2.24) is 4.57 Å². The lowest BCUT2D eigenvalue weighted by Crippen LogP contribution is -1.99. The molecule has 0 saturated heterocycles. The minimum Gasteiger partial charge on any atom is -0.309 e. The van der Waals surface area contributed by atoms with E-state index in [1.54, 1.807) is 0 Å². The summed E-state index contributed by atoms with van der Waals surface area (Å²) in [7, 11) is 0. The van der Waals surface area contributed by atoms with Crippen LogP contribution in [-0.2, 0) is 0 Å². The summed E-state index contributed by atoms with van der Waals surface area (Å²) in [4.78, 5) is 4.02. The largest absolute Gasteiger partial charge is 0.309 e. The van der Waals surface area contributed by atoms with Crippen LogP contribution in [0.2, 0.25) is 0 Å². The molecular weight excluding hydrogens is 424 g/mol. The van der Waals surface area contributed by atoms with Gasteiger partial charge in [0.15, 0.2) is 0 Å². The van der Waals surface area contributed by atoms with E-state index in [9.17, 15) is 0 Å². The third-order valence-corrected chi connectivity index (χ3v) is 6.47. The molecule has 5 aromatic rings. The van der Waals surface area contributed by atoms with Gasteiger partial charge in [0.1, 0.15) is 0 Å². The summed E-state index contributed by atoms with van der Waals surface area (Å²) in [5.41, 5.74) is 9.60. The fraction of sp³-hybridized carbons (Fsp3) is 0.0606. The molecule has 0 radical (unpaired) electrons. The van der Waals surface area contributed by atoms with Gasteiger partial charge in [0.05, 0.1) is 16.9 Å². The smallest absolute Gasteiger partial charge is 0.0623 e. The summed E-state index contributed by atoms with van der Waals surface area (Å²) in [6.45, 7) is 16.1. The normalized spacial score (nSPS) is 11.4. The standard InChI is InChI=1S/C33H28N2/c1-6-11-30-29-15-7-8-17-32(29)35(33(30)22(2)3)27-19-18-24-12-10-16-28(31(24)21-27)26-14-9-13-25(20-26)23(4)34-5/h6-21H,2,4-5H2,1,3H3/b11-6-. The molecule has 2 heteroatoms. The highest BCUT2D eigenvalue weighted by atomic mass is 15.0. The summed E-state index contributed by atoms with van der Waals surface area (Å²) in [6, 6.07) is 30.0. The van der Waals surface area contributed by atoms with E-state index < -0.39 is 0 Å². The van der Waals surface area contributed by atoms with Crippen LogP contribution in [0.1, 0.15) is 30.7 Å². The zero-order valence-corrected chi connectivity index (χ0v) is 20.3. The van der Waals surface area contributed by atoms with Crippen molar-refractivity contribution in [2.24, 2.45) is 4.99 Å². The van der Waals surface area contributed by atoms with Gasteiger partial charge < -0.3 is 4.57 Å². The number of fused-ring (bicyclic) bond motifs is 2. The average Bonchev–Trinajstić information content (AvgIpc) is 3.22. The fourth-order valence-corrected chi connectivity index (χ4v) is 4.90. The Hall–Kier alpha value is -4.43. The van der Waals surface area contributed by atoms with Crippen molar-refractivity contribution in [2.45, 2.75) is 13.8 Å². The molecule has 0 saturated carbocycles. The number of aliphatic imine (C=N–C) groups is 1. The van der Waals surface area contributed by atoms with Gasteiger partial charge >= 0.3 is 0 Å². The maximum absolute atomic E-state index is 4.33. The van der Waals surface area contributed by atoms with E-state index in [1.807, 2.05) is 12.1 Å². The van der Waals surface area contributed by atoms with Gasteiger partial charge in [-0.15, -0.1) is 0 Å². The molecule has 35 heavy (non-hydrogen) atoms. The lowest BCUT2D eigenvalue weighted by Gasteiger charge is -2.15. The highest BCUT2D eigenvalue weighted by Gasteiger charge is 2.18. The molecular formula is C33H28N2. The van der Waals surface area contributed by atoms with Crippen molar-refractivity contribution in [3.8, 4) is 16.8 Å². The first kappa shape index (κ1) is 22.4. The van der Waals surface area contributed by atoms with E-state index in [2.05, 4.69) is 128 Å². The first-order valence-corrected chi connectivity index (χ1v) is 11.7. The topological polar surface area (TPSA) is 17.3 Å². The van der Waals surface area contributed by atoms with Gasteiger partial charge in [-0.1, -0.05) is 86.0 Å². The van der Waals surface area contributed by atoms with Crippen molar-refractivity contribution < 1.29 is 0 Å². The second kappa shape index (κ2) is 9.08. The van der Waals surface area contributed by atoms with Crippen LogP contribution in [0.4, 0.5) is 0 Å². The number of rotatable bonds is 6. The van der Waals surface area contributed by atoms with E-state index in [0.717, 1.165) is 28.1 Å². The van der Waals surface area contributed by atoms with Crippen molar-refractivity contribution in [1.29, 1.82) is 0 Å². The molecule has 0 unspecified atom stereocenters. The first-order chi connectivity index (χ1) is 17.0. The van der Waals surface area contributed by atoms with Gasteiger partial charge in [-0.3, -0.25) is 4.99 Å². The van der Waals surface area contributed by atoms with E-state index in [0.29, 0.717) is 5.70 Å². The Labute approximate surface area is 206 Å². The maximum atomic E-state index is 4.33. The molecule has 0 amide bonds. The lowest BCUT2D eigenvalue weighted by atomic mass is 9.96. The van der Waals surface area contributed by atoms with Gasteiger partial charge in [-0.2, -0.15) is 0 Å². The molecule has 0 aliphatic rings. The van der Waals surface area contributed by atoms with Crippen LogP contribution in [0.5, 0.6) is 0 Å². The molecule has 0 aliphatic heterocycles. The zero-order chi connectivity index (χ0) is 24.5. The molecule has 5 rings (SSSR count). The molecule has 0 atom stereocenters. The van der Waals surface area contributed by atoms with Gasteiger partial charge in [0.2, 0.25) is 0 Å². The molecule has 2 nitrogen and oxygen atoms in total. The Kier molecular flexibility index (Phi) is 5.80. The second-order valence-corrected chi connectivity index (χ2v) is 8.79. The number of para-hydroxylation sites is 1. The van der Waals surface area contributed by atoms with Crippen LogP contribution < -0.4 is 0 Å². The summed E-state index contributed by atoms with van der Waals surface area (Å²) >= 11 is 0. The molecule has 4 aromatic carbocycles. The minimum atomic E-state index is 0.675. The molecule has 170 valence electrons. The van der Waals surface area contributed by atoms with Crippen molar-refractivity contribution in [3.05, 3.63) is 121 Å². The van der Waals surface area contributed by atoms with Gasteiger partial charge in [0, 0.05) is 22.2 Å². The Morgan fingerprint density at radius 1 is 0.857 bits per heavy atom. The zero-order valence-electron chi connectivity index (χ0n) is 20.3. The van der Waals surface area contributed by atoms with Crippen LogP contribution >= 0.6 is 0 Å². The van der Waals surface area contributed by atoms with Crippen molar-refractivity contribution >= 4 is 45.7 Å². The Morgan fingerprint density at radius 2 is 1.66 bits per heavy atom. The van der Waals surface area contributed by atoms with Crippen LogP contribution in [0.3, 0.4) is 0 Å². The predicted molar refractivity (Wildman–Crippen MR) is 154 cm³/mol.